The molecule has 0 heterocycles. The molecule has 3 aliphatic carbocycles. The minimum absolute atomic E-state index is 0.0758. The van der Waals surface area contributed by atoms with Gasteiger partial charge in [-0.2, -0.15) is 0 Å². The Morgan fingerprint density at radius 1 is 1.28 bits per heavy atom. The van der Waals surface area contributed by atoms with Crippen molar-refractivity contribution < 1.29 is 0 Å². The van der Waals surface area contributed by atoms with E-state index in [-0.39, 0.29) is 5.54 Å². The highest BCUT2D eigenvalue weighted by atomic mass is 15.2. The molecule has 2 fully saturated rings. The standard InChI is InChI=1S/C15H23N3/c1-14(2)10-13-12(14)6-5-11-4-3-8-15(13,9-7-11)17-18-16/h4,12-13H,3,5-10H2,1-2H3/t12-,13+,15+/m1/s1. The molecule has 98 valence electrons. The van der Waals surface area contributed by atoms with Crippen LogP contribution in [-0.4, -0.2) is 5.54 Å². The van der Waals surface area contributed by atoms with Gasteiger partial charge < -0.3 is 0 Å². The number of fused-ring (bicyclic) bond motifs is 5. The Morgan fingerprint density at radius 3 is 2.83 bits per heavy atom. The van der Waals surface area contributed by atoms with Crippen molar-refractivity contribution in [3.63, 3.8) is 0 Å². The Hall–Kier alpha value is -0.950. The number of allylic oxidation sites excluding steroid dienone is 2. The Bertz CT molecular complexity index is 431. The minimum Gasteiger partial charge on any atom is -0.0869 e. The maximum Gasteiger partial charge on any atom is 0.0525 e. The second-order valence-electron chi connectivity index (χ2n) is 7.14. The van der Waals surface area contributed by atoms with E-state index in [9.17, 15) is 0 Å². The summed E-state index contributed by atoms with van der Waals surface area (Å²) in [5.41, 5.74) is 11.0. The highest BCUT2D eigenvalue weighted by molar-refractivity contribution is 5.17. The lowest BCUT2D eigenvalue weighted by Gasteiger charge is -2.59. The summed E-state index contributed by atoms with van der Waals surface area (Å²) in [5.74, 6) is 1.39. The average molecular weight is 245 g/mol. The van der Waals surface area contributed by atoms with E-state index < -0.39 is 0 Å². The Labute approximate surface area is 109 Å². The molecule has 3 atom stereocenters. The maximum absolute atomic E-state index is 8.99. The van der Waals surface area contributed by atoms with E-state index in [2.05, 4.69) is 29.9 Å². The zero-order valence-electron chi connectivity index (χ0n) is 11.5. The Kier molecular flexibility index (Phi) is 2.71. The molecule has 0 saturated heterocycles. The van der Waals surface area contributed by atoms with Crippen molar-refractivity contribution in [3.05, 3.63) is 22.1 Å². The molecule has 0 N–H and O–H groups in total. The molecular weight excluding hydrogens is 222 g/mol. The van der Waals surface area contributed by atoms with E-state index >= 15 is 0 Å². The molecule has 0 unspecified atom stereocenters. The Morgan fingerprint density at radius 2 is 2.11 bits per heavy atom. The fourth-order valence-electron chi connectivity index (χ4n) is 4.73. The quantitative estimate of drug-likeness (QED) is 0.270. The molecule has 0 spiro atoms. The van der Waals surface area contributed by atoms with E-state index in [1.54, 1.807) is 5.57 Å². The third kappa shape index (κ3) is 1.68. The van der Waals surface area contributed by atoms with Gasteiger partial charge in [-0.05, 0) is 67.7 Å². The van der Waals surface area contributed by atoms with Crippen LogP contribution < -0.4 is 0 Å². The summed E-state index contributed by atoms with van der Waals surface area (Å²) < 4.78 is 0. The second kappa shape index (κ2) is 4.03. The third-order valence-corrected chi connectivity index (χ3v) is 5.84. The van der Waals surface area contributed by atoms with Gasteiger partial charge in [0, 0.05) is 4.91 Å². The maximum atomic E-state index is 8.99. The summed E-state index contributed by atoms with van der Waals surface area (Å²) in [6, 6.07) is 0. The first-order chi connectivity index (χ1) is 8.57. The molecule has 3 heteroatoms. The topological polar surface area (TPSA) is 48.8 Å². The summed E-state index contributed by atoms with van der Waals surface area (Å²) in [4.78, 5) is 3.21. The van der Waals surface area contributed by atoms with Crippen molar-refractivity contribution in [2.45, 2.75) is 64.3 Å². The summed E-state index contributed by atoms with van der Waals surface area (Å²) in [7, 11) is 0. The van der Waals surface area contributed by atoms with Crippen LogP contribution >= 0.6 is 0 Å². The SMILES string of the molecule is CC1(C)C[C@H]2[C@H]1CCC1=CCC[C@]2(N=[N+]=[N-])CC1. The molecule has 3 aliphatic rings. The van der Waals surface area contributed by atoms with Crippen molar-refractivity contribution in [2.24, 2.45) is 22.4 Å². The highest BCUT2D eigenvalue weighted by Gasteiger charge is 2.56. The average Bonchev–Trinajstić information content (AvgIpc) is 2.47. The van der Waals surface area contributed by atoms with Gasteiger partial charge in [0.15, 0.2) is 0 Å². The first-order valence-corrected chi connectivity index (χ1v) is 7.32. The smallest absolute Gasteiger partial charge is 0.0525 e. The van der Waals surface area contributed by atoms with Gasteiger partial charge in [0.1, 0.15) is 0 Å². The van der Waals surface area contributed by atoms with Gasteiger partial charge >= 0.3 is 0 Å². The van der Waals surface area contributed by atoms with Crippen molar-refractivity contribution >= 4 is 0 Å². The lowest BCUT2D eigenvalue weighted by atomic mass is 9.47. The molecule has 3 rings (SSSR count). The molecule has 18 heavy (non-hydrogen) atoms. The number of azide groups is 1. The first-order valence-electron chi connectivity index (χ1n) is 7.32. The summed E-state index contributed by atoms with van der Waals surface area (Å²) in [6.45, 7) is 4.77. The van der Waals surface area contributed by atoms with Gasteiger partial charge in [0.25, 0.3) is 0 Å². The van der Waals surface area contributed by atoms with Crippen LogP contribution in [0.1, 0.15) is 58.8 Å². The van der Waals surface area contributed by atoms with Crippen molar-refractivity contribution in [1.82, 2.24) is 0 Å². The van der Waals surface area contributed by atoms with Gasteiger partial charge in [-0.1, -0.05) is 30.6 Å². The lowest BCUT2D eigenvalue weighted by Crippen LogP contribution is -2.55. The Balaban J connectivity index is 1.98. The number of rotatable bonds is 1. The van der Waals surface area contributed by atoms with Gasteiger partial charge in [0.05, 0.1) is 5.54 Å². The van der Waals surface area contributed by atoms with Crippen molar-refractivity contribution in [3.8, 4) is 0 Å². The van der Waals surface area contributed by atoms with Gasteiger partial charge in [-0.25, -0.2) is 0 Å². The molecule has 0 aromatic carbocycles. The molecule has 0 radical (unpaired) electrons. The van der Waals surface area contributed by atoms with Crippen LogP contribution in [0.25, 0.3) is 10.4 Å². The van der Waals surface area contributed by atoms with E-state index in [1.807, 2.05) is 0 Å². The summed E-state index contributed by atoms with van der Waals surface area (Å²) >= 11 is 0. The van der Waals surface area contributed by atoms with E-state index in [1.165, 1.54) is 19.3 Å². The van der Waals surface area contributed by atoms with Crippen molar-refractivity contribution in [2.75, 3.05) is 0 Å². The van der Waals surface area contributed by atoms with Gasteiger partial charge in [0.2, 0.25) is 0 Å². The van der Waals surface area contributed by atoms with E-state index in [4.69, 9.17) is 5.53 Å². The van der Waals surface area contributed by atoms with Crippen LogP contribution in [0.3, 0.4) is 0 Å². The molecule has 2 bridgehead atoms. The zero-order valence-corrected chi connectivity index (χ0v) is 11.5. The number of hydrogen-bond donors (Lipinski definition) is 0. The van der Waals surface area contributed by atoms with Crippen LogP contribution in [0, 0.1) is 17.3 Å². The van der Waals surface area contributed by atoms with Crippen LogP contribution in [0.2, 0.25) is 0 Å². The van der Waals surface area contributed by atoms with Crippen LogP contribution in [-0.2, 0) is 0 Å². The normalized spacial score (nSPS) is 41.3. The lowest BCUT2D eigenvalue weighted by molar-refractivity contribution is -0.0690. The number of nitrogens with zero attached hydrogens (tertiary/aromatic N) is 3. The molecule has 0 aromatic rings. The predicted molar refractivity (Wildman–Crippen MR) is 73.0 cm³/mol. The van der Waals surface area contributed by atoms with E-state index in [0.717, 1.165) is 31.6 Å². The molecule has 0 aromatic heterocycles. The van der Waals surface area contributed by atoms with Crippen LogP contribution in [0.15, 0.2) is 16.8 Å². The first kappa shape index (κ1) is 12.1. The second-order valence-corrected chi connectivity index (χ2v) is 7.14. The summed E-state index contributed by atoms with van der Waals surface area (Å²) in [6.07, 6.45) is 10.7. The monoisotopic (exact) mass is 245 g/mol. The minimum atomic E-state index is -0.0758. The fraction of sp³-hybridized carbons (Fsp3) is 0.867. The van der Waals surface area contributed by atoms with E-state index in [0.29, 0.717) is 11.3 Å². The largest absolute Gasteiger partial charge is 0.0869 e. The predicted octanol–water partition coefficient (Wildman–Crippen LogP) is 4.99. The third-order valence-electron chi connectivity index (χ3n) is 5.84. The van der Waals surface area contributed by atoms with Crippen LogP contribution in [0.4, 0.5) is 0 Å². The summed E-state index contributed by atoms with van der Waals surface area (Å²) in [5, 5.41) is 4.33. The zero-order chi connectivity index (χ0) is 12.8. The van der Waals surface area contributed by atoms with Gasteiger partial charge in [-0.3, -0.25) is 0 Å². The van der Waals surface area contributed by atoms with Gasteiger partial charge in [-0.15, -0.1) is 0 Å². The molecular formula is C15H23N3. The molecule has 0 aliphatic heterocycles. The molecule has 3 nitrogen and oxygen atoms in total. The van der Waals surface area contributed by atoms with Crippen LogP contribution in [0.5, 0.6) is 0 Å². The fourth-order valence-corrected chi connectivity index (χ4v) is 4.73. The molecule has 2 saturated carbocycles. The molecule has 0 amide bonds. The number of hydrogen-bond acceptors (Lipinski definition) is 1. The van der Waals surface area contributed by atoms with Crippen molar-refractivity contribution in [1.29, 1.82) is 0 Å². The highest BCUT2D eigenvalue weighted by Crippen LogP contribution is 2.61.